The molecule has 8 heteroatoms. The van der Waals surface area contributed by atoms with Gasteiger partial charge in [0.1, 0.15) is 11.8 Å². The van der Waals surface area contributed by atoms with Crippen molar-refractivity contribution in [2.45, 2.75) is 6.54 Å². The van der Waals surface area contributed by atoms with Crippen molar-refractivity contribution in [3.05, 3.63) is 53.5 Å². The van der Waals surface area contributed by atoms with Crippen LogP contribution in [0.4, 0.5) is 0 Å². The van der Waals surface area contributed by atoms with E-state index in [1.165, 1.54) is 19.4 Å². The molecule has 1 aromatic carbocycles. The van der Waals surface area contributed by atoms with E-state index in [-0.39, 0.29) is 23.9 Å². The minimum atomic E-state index is -0.362. The van der Waals surface area contributed by atoms with Gasteiger partial charge in [-0.2, -0.15) is 10.2 Å². The first-order valence-electron chi connectivity index (χ1n) is 6.94. The van der Waals surface area contributed by atoms with Crippen molar-refractivity contribution in [1.29, 1.82) is 5.26 Å². The van der Waals surface area contributed by atoms with E-state index in [1.54, 1.807) is 24.3 Å². The molecule has 120 valence electrons. The van der Waals surface area contributed by atoms with Crippen LogP contribution in [-0.2, 0) is 6.54 Å². The zero-order valence-electron chi connectivity index (χ0n) is 12.6. The van der Waals surface area contributed by atoms with E-state index in [1.807, 2.05) is 6.07 Å². The van der Waals surface area contributed by atoms with Crippen LogP contribution in [0.25, 0.3) is 11.7 Å². The molecule has 0 atom stereocenters. The van der Waals surface area contributed by atoms with E-state index < -0.39 is 0 Å². The predicted octanol–water partition coefficient (Wildman–Crippen LogP) is 2.14. The Morgan fingerprint density at radius 2 is 2.29 bits per heavy atom. The van der Waals surface area contributed by atoms with Crippen LogP contribution >= 0.6 is 0 Å². The zero-order valence-corrected chi connectivity index (χ0v) is 12.6. The van der Waals surface area contributed by atoms with E-state index in [4.69, 9.17) is 18.9 Å². The predicted molar refractivity (Wildman–Crippen MR) is 80.9 cm³/mol. The lowest BCUT2D eigenvalue weighted by atomic mass is 10.1. The summed E-state index contributed by atoms with van der Waals surface area (Å²) >= 11 is 0. The Hall–Kier alpha value is -3.60. The molecule has 0 bridgehead atoms. The lowest BCUT2D eigenvalue weighted by Gasteiger charge is -2.06. The fourth-order valence-corrected chi connectivity index (χ4v) is 2.02. The maximum absolute atomic E-state index is 12.2. The molecular weight excluding hydrogens is 312 g/mol. The lowest BCUT2D eigenvalue weighted by Crippen LogP contribution is -2.23. The second kappa shape index (κ2) is 6.66. The summed E-state index contributed by atoms with van der Waals surface area (Å²) in [5.41, 5.74) is 0.618. The molecule has 3 rings (SSSR count). The van der Waals surface area contributed by atoms with Crippen LogP contribution in [0.2, 0.25) is 0 Å². The number of nitrogens with zero attached hydrogens (tertiary/aromatic N) is 3. The lowest BCUT2D eigenvalue weighted by molar-refractivity contribution is 0.0949. The third kappa shape index (κ3) is 3.10. The molecule has 8 nitrogen and oxygen atoms in total. The van der Waals surface area contributed by atoms with Crippen LogP contribution in [0.15, 0.2) is 45.5 Å². The minimum Gasteiger partial charge on any atom is -0.495 e. The van der Waals surface area contributed by atoms with Crippen LogP contribution in [0.3, 0.4) is 0 Å². The van der Waals surface area contributed by atoms with Crippen LogP contribution in [0.5, 0.6) is 5.75 Å². The molecule has 0 radical (unpaired) electrons. The van der Waals surface area contributed by atoms with Gasteiger partial charge in [0.05, 0.1) is 25.5 Å². The summed E-state index contributed by atoms with van der Waals surface area (Å²) in [5.74, 6) is 1.05. The molecule has 1 N–H and O–H groups in total. The van der Waals surface area contributed by atoms with E-state index in [9.17, 15) is 4.79 Å². The number of furan rings is 1. The highest BCUT2D eigenvalue weighted by Gasteiger charge is 2.13. The molecule has 1 amide bonds. The van der Waals surface area contributed by atoms with Gasteiger partial charge in [-0.15, -0.1) is 0 Å². The summed E-state index contributed by atoms with van der Waals surface area (Å²) in [6.07, 6.45) is 1.50. The van der Waals surface area contributed by atoms with Gasteiger partial charge >= 0.3 is 0 Å². The van der Waals surface area contributed by atoms with Crippen molar-refractivity contribution in [3.8, 4) is 23.5 Å². The van der Waals surface area contributed by atoms with Gasteiger partial charge in [0.15, 0.2) is 11.6 Å². The van der Waals surface area contributed by atoms with Crippen molar-refractivity contribution in [2.24, 2.45) is 0 Å². The van der Waals surface area contributed by atoms with Gasteiger partial charge in [-0.25, -0.2) is 0 Å². The summed E-state index contributed by atoms with van der Waals surface area (Å²) in [6.45, 7) is 0.0803. The third-order valence-corrected chi connectivity index (χ3v) is 3.19. The topological polar surface area (TPSA) is 114 Å². The van der Waals surface area contributed by atoms with Gasteiger partial charge in [0.2, 0.25) is 0 Å². The van der Waals surface area contributed by atoms with Crippen molar-refractivity contribution in [2.75, 3.05) is 7.11 Å². The number of aromatic nitrogens is 2. The Morgan fingerprint density at radius 3 is 3.00 bits per heavy atom. The van der Waals surface area contributed by atoms with Crippen LogP contribution in [0.1, 0.15) is 21.7 Å². The van der Waals surface area contributed by atoms with E-state index in [0.29, 0.717) is 22.9 Å². The molecule has 0 aliphatic heterocycles. The Kier molecular flexibility index (Phi) is 4.25. The molecule has 3 aromatic rings. The molecule has 0 saturated carbocycles. The molecule has 0 spiro atoms. The second-order valence-electron chi connectivity index (χ2n) is 4.70. The average Bonchev–Trinajstić information content (AvgIpc) is 3.30. The third-order valence-electron chi connectivity index (χ3n) is 3.19. The van der Waals surface area contributed by atoms with Gasteiger partial charge in [0, 0.05) is 5.56 Å². The number of methoxy groups -OCH3 is 1. The quantitative estimate of drug-likeness (QED) is 0.764. The van der Waals surface area contributed by atoms with Gasteiger partial charge in [-0.1, -0.05) is 5.16 Å². The molecule has 0 aliphatic carbocycles. The van der Waals surface area contributed by atoms with Crippen LogP contribution in [-0.4, -0.2) is 23.2 Å². The summed E-state index contributed by atoms with van der Waals surface area (Å²) < 4.78 is 15.2. The van der Waals surface area contributed by atoms with Crippen molar-refractivity contribution >= 4 is 5.91 Å². The first-order valence-corrected chi connectivity index (χ1v) is 6.94. The molecule has 0 unspecified atom stereocenters. The molecule has 24 heavy (non-hydrogen) atoms. The number of hydrogen-bond donors (Lipinski definition) is 1. The highest BCUT2D eigenvalue weighted by atomic mass is 16.5. The number of nitrogens with one attached hydrogen (secondary N) is 1. The van der Waals surface area contributed by atoms with E-state index in [0.717, 1.165) is 0 Å². The number of carbonyl (C=O) groups excluding carboxylic acids is 1. The number of benzene rings is 1. The molecule has 0 aliphatic rings. The van der Waals surface area contributed by atoms with E-state index >= 15 is 0 Å². The first-order chi connectivity index (χ1) is 11.7. The SMILES string of the molecule is COc1ccc(C(=O)NCc2noc(-c3ccco3)n2)cc1C#N. The summed E-state index contributed by atoms with van der Waals surface area (Å²) in [7, 11) is 1.46. The van der Waals surface area contributed by atoms with Crippen molar-refractivity contribution in [3.63, 3.8) is 0 Å². The number of hydrogen-bond acceptors (Lipinski definition) is 7. The maximum Gasteiger partial charge on any atom is 0.293 e. The summed E-state index contributed by atoms with van der Waals surface area (Å²) in [4.78, 5) is 16.3. The average molecular weight is 324 g/mol. The number of carbonyl (C=O) groups is 1. The zero-order chi connectivity index (χ0) is 16.9. The molecule has 2 heterocycles. The van der Waals surface area contributed by atoms with Gasteiger partial charge in [-0.05, 0) is 30.3 Å². The number of ether oxygens (including phenoxy) is 1. The number of nitriles is 1. The largest absolute Gasteiger partial charge is 0.495 e. The monoisotopic (exact) mass is 324 g/mol. The van der Waals surface area contributed by atoms with Crippen molar-refractivity contribution < 1.29 is 18.5 Å². The van der Waals surface area contributed by atoms with E-state index in [2.05, 4.69) is 15.5 Å². The highest BCUT2D eigenvalue weighted by molar-refractivity contribution is 5.94. The molecular formula is C16H12N4O4. The fraction of sp³-hybridized carbons (Fsp3) is 0.125. The number of amides is 1. The Labute approximate surface area is 136 Å². The Bertz CT molecular complexity index is 893. The Balaban J connectivity index is 1.67. The smallest absolute Gasteiger partial charge is 0.293 e. The second-order valence-corrected chi connectivity index (χ2v) is 4.70. The minimum absolute atomic E-state index is 0.0803. The van der Waals surface area contributed by atoms with Crippen molar-refractivity contribution in [1.82, 2.24) is 15.5 Å². The van der Waals surface area contributed by atoms with Gasteiger partial charge in [-0.3, -0.25) is 4.79 Å². The molecule has 0 saturated heterocycles. The molecule has 2 aromatic heterocycles. The first kappa shape index (κ1) is 15.3. The highest BCUT2D eigenvalue weighted by Crippen LogP contribution is 2.19. The standard InChI is InChI=1S/C16H12N4O4/c1-22-12-5-4-10(7-11(12)8-17)15(21)18-9-14-19-16(24-20-14)13-3-2-6-23-13/h2-7H,9H2,1H3,(H,18,21). The molecule has 0 fully saturated rings. The maximum atomic E-state index is 12.2. The van der Waals surface area contributed by atoms with Crippen LogP contribution in [0, 0.1) is 11.3 Å². The van der Waals surface area contributed by atoms with Gasteiger partial charge in [0.25, 0.3) is 11.8 Å². The summed E-state index contributed by atoms with van der Waals surface area (Å²) in [5, 5.41) is 15.5. The number of rotatable bonds is 5. The van der Waals surface area contributed by atoms with Gasteiger partial charge < -0.3 is 19.0 Å². The summed E-state index contributed by atoms with van der Waals surface area (Å²) in [6, 6.07) is 9.97. The Morgan fingerprint density at radius 1 is 1.42 bits per heavy atom. The van der Waals surface area contributed by atoms with Crippen LogP contribution < -0.4 is 10.1 Å². The fourth-order valence-electron chi connectivity index (χ4n) is 2.02. The normalized spacial score (nSPS) is 10.2.